The monoisotopic (exact) mass is 298 g/mol. The number of hydrogen-bond acceptors (Lipinski definition) is 3. The molecule has 2 atom stereocenters. The van der Waals surface area contributed by atoms with E-state index in [1.807, 2.05) is 6.92 Å². The number of aromatic nitrogens is 2. The molecule has 20 heavy (non-hydrogen) atoms. The van der Waals surface area contributed by atoms with E-state index in [0.29, 0.717) is 17.5 Å². The predicted molar refractivity (Wildman–Crippen MR) is 79.0 cm³/mol. The second-order valence-electron chi connectivity index (χ2n) is 5.98. The Morgan fingerprint density at radius 1 is 1.60 bits per heavy atom. The Bertz CT molecular complexity index is 512. The maximum atomic E-state index is 12.8. The van der Waals surface area contributed by atoms with Crippen LogP contribution in [0.15, 0.2) is 0 Å². The Hall–Kier alpha value is -0.870. The molecule has 0 amide bonds. The number of carbonyl (C=O) groups excluding carboxylic acids is 1. The summed E-state index contributed by atoms with van der Waals surface area (Å²) >= 11 is 6.22. The van der Waals surface area contributed by atoms with Crippen LogP contribution in [0, 0.1) is 12.8 Å². The molecule has 0 radical (unpaired) electrons. The highest BCUT2D eigenvalue weighted by Gasteiger charge is 2.41. The highest BCUT2D eigenvalue weighted by atomic mass is 35.5. The lowest BCUT2D eigenvalue weighted by Gasteiger charge is -2.37. The summed E-state index contributed by atoms with van der Waals surface area (Å²) < 4.78 is 7.26. The third kappa shape index (κ3) is 2.77. The molecule has 0 N–H and O–H groups in total. The van der Waals surface area contributed by atoms with Crippen molar-refractivity contribution in [1.29, 1.82) is 0 Å². The van der Waals surface area contributed by atoms with Crippen LogP contribution in [0.2, 0.25) is 5.15 Å². The number of hydrogen-bond donors (Lipinski definition) is 0. The fraction of sp³-hybridized carbons (Fsp3) is 0.733. The first-order chi connectivity index (χ1) is 9.39. The van der Waals surface area contributed by atoms with Crippen LogP contribution in [0.5, 0.6) is 0 Å². The lowest BCUT2D eigenvalue weighted by molar-refractivity contribution is -0.146. The van der Waals surface area contributed by atoms with E-state index in [2.05, 4.69) is 12.0 Å². The van der Waals surface area contributed by atoms with Crippen molar-refractivity contribution >= 4 is 17.4 Å². The van der Waals surface area contributed by atoms with Gasteiger partial charge in [-0.1, -0.05) is 24.9 Å². The summed E-state index contributed by atoms with van der Waals surface area (Å²) in [7, 11) is 3.44. The molecule has 1 aliphatic carbocycles. The molecule has 0 aromatic carbocycles. The standard InChI is InChI=1S/C15H23ClN2O2/c1-10-6-5-7-15(9-10,20-4)13(19)8-12-11(2)17-18(3)14(12)16/h10H,5-9H2,1-4H3. The minimum absolute atomic E-state index is 0.129. The average molecular weight is 299 g/mol. The predicted octanol–water partition coefficient (Wildman–Crippen LogP) is 3.09. The zero-order chi connectivity index (χ0) is 14.9. The van der Waals surface area contributed by atoms with Crippen molar-refractivity contribution < 1.29 is 9.53 Å². The molecule has 1 fully saturated rings. The summed E-state index contributed by atoms with van der Waals surface area (Å²) in [5.41, 5.74) is 1.01. The van der Waals surface area contributed by atoms with Gasteiger partial charge in [-0.2, -0.15) is 5.10 Å². The van der Waals surface area contributed by atoms with Gasteiger partial charge < -0.3 is 4.74 Å². The molecule has 0 saturated heterocycles. The molecule has 0 aliphatic heterocycles. The molecule has 1 heterocycles. The van der Waals surface area contributed by atoms with Crippen LogP contribution in [0.1, 0.15) is 43.9 Å². The minimum Gasteiger partial charge on any atom is -0.370 e. The quantitative estimate of drug-likeness (QED) is 0.858. The molecule has 1 aromatic heterocycles. The van der Waals surface area contributed by atoms with E-state index in [9.17, 15) is 4.79 Å². The third-order valence-electron chi connectivity index (χ3n) is 4.46. The number of carbonyl (C=O) groups is 1. The van der Waals surface area contributed by atoms with E-state index in [1.54, 1.807) is 18.8 Å². The lowest BCUT2D eigenvalue weighted by atomic mass is 9.75. The van der Waals surface area contributed by atoms with Crippen LogP contribution in [0.4, 0.5) is 0 Å². The highest BCUT2D eigenvalue weighted by molar-refractivity contribution is 6.30. The Kier molecular flexibility index (Phi) is 4.55. The number of ketones is 1. The zero-order valence-electron chi connectivity index (χ0n) is 12.7. The normalized spacial score (nSPS) is 26.8. The maximum absolute atomic E-state index is 12.8. The first-order valence-corrected chi connectivity index (χ1v) is 7.54. The molecule has 4 nitrogen and oxygen atoms in total. The Morgan fingerprint density at radius 3 is 2.80 bits per heavy atom. The minimum atomic E-state index is -0.636. The van der Waals surface area contributed by atoms with Gasteiger partial charge in [-0.15, -0.1) is 0 Å². The Balaban J connectivity index is 2.21. The number of ether oxygens (including phenoxy) is 1. The molecule has 1 aromatic rings. The van der Waals surface area contributed by atoms with Gasteiger partial charge in [0.25, 0.3) is 0 Å². The van der Waals surface area contributed by atoms with Crippen LogP contribution >= 0.6 is 11.6 Å². The van der Waals surface area contributed by atoms with E-state index in [1.165, 1.54) is 6.42 Å². The summed E-state index contributed by atoms with van der Waals surface area (Å²) in [6, 6.07) is 0. The first-order valence-electron chi connectivity index (χ1n) is 7.16. The molecular weight excluding hydrogens is 276 g/mol. The van der Waals surface area contributed by atoms with Gasteiger partial charge in [0.1, 0.15) is 10.8 Å². The molecule has 112 valence electrons. The highest BCUT2D eigenvalue weighted by Crippen LogP contribution is 2.36. The number of aryl methyl sites for hydroxylation is 2. The number of Topliss-reactive ketones (excluding diaryl/α,β-unsaturated/α-hetero) is 1. The van der Waals surface area contributed by atoms with Crippen molar-refractivity contribution in [2.45, 2.75) is 51.6 Å². The van der Waals surface area contributed by atoms with E-state index in [4.69, 9.17) is 16.3 Å². The molecule has 0 spiro atoms. The Labute approximate surface area is 125 Å². The number of halogens is 1. The summed E-state index contributed by atoms with van der Waals surface area (Å²) in [4.78, 5) is 12.8. The van der Waals surface area contributed by atoms with Crippen LogP contribution in [0.3, 0.4) is 0 Å². The van der Waals surface area contributed by atoms with Crippen LogP contribution < -0.4 is 0 Å². The van der Waals surface area contributed by atoms with Crippen molar-refractivity contribution in [2.75, 3.05) is 7.11 Å². The van der Waals surface area contributed by atoms with Crippen molar-refractivity contribution in [3.05, 3.63) is 16.4 Å². The van der Waals surface area contributed by atoms with Crippen molar-refractivity contribution in [3.63, 3.8) is 0 Å². The summed E-state index contributed by atoms with van der Waals surface area (Å²) in [5, 5.41) is 4.81. The van der Waals surface area contributed by atoms with E-state index in [0.717, 1.165) is 30.5 Å². The molecule has 2 rings (SSSR count). The van der Waals surface area contributed by atoms with Gasteiger partial charge >= 0.3 is 0 Å². The lowest BCUT2D eigenvalue weighted by Crippen LogP contribution is -2.45. The summed E-state index contributed by atoms with van der Waals surface area (Å²) in [5.74, 6) is 0.655. The van der Waals surface area contributed by atoms with Gasteiger partial charge in [0.15, 0.2) is 5.78 Å². The average Bonchev–Trinajstić information content (AvgIpc) is 2.65. The largest absolute Gasteiger partial charge is 0.370 e. The van der Waals surface area contributed by atoms with Gasteiger partial charge in [-0.3, -0.25) is 9.48 Å². The van der Waals surface area contributed by atoms with E-state index in [-0.39, 0.29) is 5.78 Å². The first kappa shape index (κ1) is 15.5. The summed E-state index contributed by atoms with van der Waals surface area (Å²) in [6.07, 6.45) is 4.13. The van der Waals surface area contributed by atoms with Crippen LogP contribution in [0.25, 0.3) is 0 Å². The second kappa shape index (κ2) is 5.86. The van der Waals surface area contributed by atoms with Crippen molar-refractivity contribution in [3.8, 4) is 0 Å². The summed E-state index contributed by atoms with van der Waals surface area (Å²) in [6.45, 7) is 4.07. The zero-order valence-corrected chi connectivity index (χ0v) is 13.5. The maximum Gasteiger partial charge on any atom is 0.169 e. The molecule has 0 bridgehead atoms. The topological polar surface area (TPSA) is 44.1 Å². The van der Waals surface area contributed by atoms with Crippen molar-refractivity contribution in [2.24, 2.45) is 13.0 Å². The smallest absolute Gasteiger partial charge is 0.169 e. The molecule has 2 unspecified atom stereocenters. The molecular formula is C15H23ClN2O2. The SMILES string of the molecule is COC1(C(=O)Cc2c(C)nn(C)c2Cl)CCCC(C)C1. The van der Waals surface area contributed by atoms with Gasteiger partial charge in [0, 0.05) is 26.1 Å². The molecule has 1 aliphatic rings. The van der Waals surface area contributed by atoms with Crippen molar-refractivity contribution in [1.82, 2.24) is 9.78 Å². The molecule has 1 saturated carbocycles. The van der Waals surface area contributed by atoms with Gasteiger partial charge in [-0.25, -0.2) is 0 Å². The molecule has 5 heteroatoms. The van der Waals surface area contributed by atoms with E-state index >= 15 is 0 Å². The van der Waals surface area contributed by atoms with Gasteiger partial charge in [0.2, 0.25) is 0 Å². The second-order valence-corrected chi connectivity index (χ2v) is 6.34. The number of methoxy groups -OCH3 is 1. The number of rotatable bonds is 4. The van der Waals surface area contributed by atoms with Gasteiger partial charge in [0.05, 0.1) is 5.69 Å². The van der Waals surface area contributed by atoms with Crippen LogP contribution in [-0.2, 0) is 23.0 Å². The third-order valence-corrected chi connectivity index (χ3v) is 4.93. The fourth-order valence-electron chi connectivity index (χ4n) is 3.25. The Morgan fingerprint density at radius 2 is 2.30 bits per heavy atom. The number of nitrogens with zero attached hydrogens (tertiary/aromatic N) is 2. The van der Waals surface area contributed by atoms with Gasteiger partial charge in [-0.05, 0) is 32.1 Å². The van der Waals surface area contributed by atoms with E-state index < -0.39 is 5.60 Å². The fourth-order valence-corrected chi connectivity index (χ4v) is 3.49. The van der Waals surface area contributed by atoms with Crippen LogP contribution in [-0.4, -0.2) is 28.3 Å².